The highest BCUT2D eigenvalue weighted by Crippen LogP contribution is 2.22. The minimum absolute atomic E-state index is 0.00637. The zero-order valence-corrected chi connectivity index (χ0v) is 12.0. The van der Waals surface area contributed by atoms with Crippen LogP contribution in [0.5, 0.6) is 0 Å². The Labute approximate surface area is 118 Å². The first-order chi connectivity index (χ1) is 9.47. The lowest BCUT2D eigenvalue weighted by Gasteiger charge is -2.32. The van der Waals surface area contributed by atoms with Gasteiger partial charge in [-0.25, -0.2) is 0 Å². The van der Waals surface area contributed by atoms with Gasteiger partial charge >= 0.3 is 5.97 Å². The quantitative estimate of drug-likeness (QED) is 0.905. The van der Waals surface area contributed by atoms with Crippen molar-refractivity contribution in [3.05, 3.63) is 17.5 Å². The summed E-state index contributed by atoms with van der Waals surface area (Å²) >= 11 is 0. The van der Waals surface area contributed by atoms with E-state index in [1.807, 2.05) is 11.8 Å². The average Bonchev–Trinajstić information content (AvgIpc) is 2.75. The van der Waals surface area contributed by atoms with Crippen LogP contribution >= 0.6 is 0 Å². The molecule has 0 bridgehead atoms. The van der Waals surface area contributed by atoms with Crippen molar-refractivity contribution in [2.75, 3.05) is 13.1 Å². The van der Waals surface area contributed by atoms with E-state index in [1.165, 1.54) is 0 Å². The van der Waals surface area contributed by atoms with Gasteiger partial charge in [-0.1, -0.05) is 0 Å². The summed E-state index contributed by atoms with van der Waals surface area (Å²) in [7, 11) is 1.77. The highest BCUT2D eigenvalue weighted by Gasteiger charge is 2.26. The lowest BCUT2D eigenvalue weighted by Crippen LogP contribution is -2.40. The van der Waals surface area contributed by atoms with Crippen molar-refractivity contribution >= 4 is 11.9 Å². The number of aryl methyl sites for hydroxylation is 2. The monoisotopic (exact) mass is 279 g/mol. The molecule has 1 N–H and O–H groups in total. The number of piperidine rings is 1. The number of likely N-dealkylation sites (tertiary alicyclic amines) is 1. The third-order valence-electron chi connectivity index (χ3n) is 3.79. The van der Waals surface area contributed by atoms with E-state index < -0.39 is 5.97 Å². The van der Waals surface area contributed by atoms with Crippen LogP contribution in [0.4, 0.5) is 0 Å². The van der Waals surface area contributed by atoms with Crippen LogP contribution in [0.1, 0.15) is 41.9 Å². The Morgan fingerprint density at radius 2 is 2.25 bits per heavy atom. The van der Waals surface area contributed by atoms with E-state index in [4.69, 9.17) is 5.11 Å². The van der Waals surface area contributed by atoms with Gasteiger partial charge in [-0.3, -0.25) is 14.3 Å². The first-order valence-electron chi connectivity index (χ1n) is 6.99. The average molecular weight is 279 g/mol. The Bertz CT molecular complexity index is 510. The SMILES string of the molecule is Cc1cc(C(=O)N2CCCC(CCC(=O)O)C2)n(C)n1. The smallest absolute Gasteiger partial charge is 0.303 e. The van der Waals surface area contributed by atoms with Gasteiger partial charge in [0.2, 0.25) is 0 Å². The molecule has 1 aliphatic heterocycles. The number of hydrogen-bond acceptors (Lipinski definition) is 3. The Morgan fingerprint density at radius 3 is 2.85 bits per heavy atom. The number of carboxylic acid groups (broad SMARTS) is 1. The van der Waals surface area contributed by atoms with Gasteiger partial charge in [0.05, 0.1) is 5.69 Å². The van der Waals surface area contributed by atoms with E-state index in [0.29, 0.717) is 18.7 Å². The van der Waals surface area contributed by atoms with Crippen molar-refractivity contribution in [3.63, 3.8) is 0 Å². The molecule has 1 amide bonds. The van der Waals surface area contributed by atoms with Crippen LogP contribution in [0, 0.1) is 12.8 Å². The molecule has 1 fully saturated rings. The molecule has 1 aromatic rings. The van der Waals surface area contributed by atoms with Crippen LogP contribution in [0.15, 0.2) is 6.07 Å². The number of aliphatic carboxylic acids is 1. The van der Waals surface area contributed by atoms with Crippen molar-refractivity contribution in [3.8, 4) is 0 Å². The van der Waals surface area contributed by atoms with E-state index in [0.717, 1.165) is 25.1 Å². The summed E-state index contributed by atoms with van der Waals surface area (Å²) in [6, 6.07) is 1.79. The fourth-order valence-electron chi connectivity index (χ4n) is 2.79. The Morgan fingerprint density at radius 1 is 1.50 bits per heavy atom. The molecular formula is C14H21N3O3. The summed E-state index contributed by atoms with van der Waals surface area (Å²) in [6.45, 7) is 3.26. The third-order valence-corrected chi connectivity index (χ3v) is 3.79. The lowest BCUT2D eigenvalue weighted by atomic mass is 9.93. The molecule has 1 saturated heterocycles. The van der Waals surface area contributed by atoms with Crippen molar-refractivity contribution in [1.29, 1.82) is 0 Å². The second-order valence-corrected chi connectivity index (χ2v) is 5.49. The van der Waals surface area contributed by atoms with Gasteiger partial charge in [-0.05, 0) is 38.2 Å². The fraction of sp³-hybridized carbons (Fsp3) is 0.643. The summed E-state index contributed by atoms with van der Waals surface area (Å²) < 4.78 is 1.61. The van der Waals surface area contributed by atoms with E-state index in [-0.39, 0.29) is 18.2 Å². The molecule has 1 aliphatic rings. The van der Waals surface area contributed by atoms with Crippen molar-refractivity contribution < 1.29 is 14.7 Å². The van der Waals surface area contributed by atoms with Gasteiger partial charge in [0.15, 0.2) is 0 Å². The van der Waals surface area contributed by atoms with Gasteiger partial charge in [0.1, 0.15) is 5.69 Å². The zero-order chi connectivity index (χ0) is 14.7. The normalized spacial score (nSPS) is 19.1. The number of hydrogen-bond donors (Lipinski definition) is 1. The summed E-state index contributed by atoms with van der Waals surface area (Å²) in [4.78, 5) is 24.9. The van der Waals surface area contributed by atoms with Gasteiger partial charge in [0.25, 0.3) is 5.91 Å². The van der Waals surface area contributed by atoms with Gasteiger partial charge in [0, 0.05) is 26.6 Å². The maximum Gasteiger partial charge on any atom is 0.303 e. The van der Waals surface area contributed by atoms with Crippen LogP contribution in [-0.4, -0.2) is 44.8 Å². The molecule has 0 aliphatic carbocycles. The maximum absolute atomic E-state index is 12.5. The van der Waals surface area contributed by atoms with Crippen molar-refractivity contribution in [2.45, 2.75) is 32.6 Å². The number of rotatable bonds is 4. The topological polar surface area (TPSA) is 75.4 Å². The van der Waals surface area contributed by atoms with E-state index in [9.17, 15) is 9.59 Å². The van der Waals surface area contributed by atoms with Crippen LogP contribution < -0.4 is 0 Å². The first kappa shape index (κ1) is 14.6. The van der Waals surface area contributed by atoms with Crippen molar-refractivity contribution in [2.24, 2.45) is 13.0 Å². The molecule has 2 heterocycles. The molecule has 0 radical (unpaired) electrons. The van der Waals surface area contributed by atoms with Crippen LogP contribution in [-0.2, 0) is 11.8 Å². The van der Waals surface area contributed by atoms with E-state index >= 15 is 0 Å². The fourth-order valence-corrected chi connectivity index (χ4v) is 2.79. The standard InChI is InChI=1S/C14H21N3O3/c1-10-8-12(16(2)15-10)14(20)17-7-3-4-11(9-17)5-6-13(18)19/h8,11H,3-7,9H2,1-2H3,(H,18,19). The molecule has 0 saturated carbocycles. The second-order valence-electron chi connectivity index (χ2n) is 5.49. The Hall–Kier alpha value is -1.85. The van der Waals surface area contributed by atoms with Crippen molar-refractivity contribution in [1.82, 2.24) is 14.7 Å². The predicted octanol–water partition coefficient (Wildman–Crippen LogP) is 1.45. The summed E-state index contributed by atoms with van der Waals surface area (Å²) in [5.41, 5.74) is 1.43. The number of carboxylic acids is 1. The number of carbonyl (C=O) groups excluding carboxylic acids is 1. The molecule has 20 heavy (non-hydrogen) atoms. The summed E-state index contributed by atoms with van der Waals surface area (Å²) in [5, 5.41) is 12.9. The predicted molar refractivity (Wildman–Crippen MR) is 73.4 cm³/mol. The van der Waals surface area contributed by atoms with Gasteiger partial charge in [-0.15, -0.1) is 0 Å². The molecular weight excluding hydrogens is 258 g/mol. The minimum Gasteiger partial charge on any atom is -0.481 e. The van der Waals surface area contributed by atoms with Gasteiger partial charge in [-0.2, -0.15) is 5.10 Å². The number of carbonyl (C=O) groups is 2. The minimum atomic E-state index is -0.768. The zero-order valence-electron chi connectivity index (χ0n) is 12.0. The molecule has 0 spiro atoms. The summed E-state index contributed by atoms with van der Waals surface area (Å²) in [5.74, 6) is -0.484. The molecule has 2 rings (SSSR count). The number of nitrogens with zero attached hydrogens (tertiary/aromatic N) is 3. The van der Waals surface area contributed by atoms with Crippen LogP contribution in [0.3, 0.4) is 0 Å². The van der Waals surface area contributed by atoms with E-state index in [2.05, 4.69) is 5.10 Å². The molecule has 6 heteroatoms. The Kier molecular flexibility index (Phi) is 4.42. The molecule has 1 unspecified atom stereocenters. The van der Waals surface area contributed by atoms with E-state index in [1.54, 1.807) is 17.8 Å². The van der Waals surface area contributed by atoms with Gasteiger partial charge < -0.3 is 10.0 Å². The first-order valence-corrected chi connectivity index (χ1v) is 6.99. The molecule has 1 aromatic heterocycles. The second kappa shape index (κ2) is 6.07. The molecule has 110 valence electrons. The maximum atomic E-state index is 12.5. The summed E-state index contributed by atoms with van der Waals surface area (Å²) in [6.07, 6.45) is 2.76. The lowest BCUT2D eigenvalue weighted by molar-refractivity contribution is -0.137. The molecule has 1 atom stereocenters. The van der Waals surface area contributed by atoms with Crippen LogP contribution in [0.2, 0.25) is 0 Å². The largest absolute Gasteiger partial charge is 0.481 e. The van der Waals surface area contributed by atoms with Crippen LogP contribution in [0.25, 0.3) is 0 Å². The number of aromatic nitrogens is 2. The highest BCUT2D eigenvalue weighted by molar-refractivity contribution is 5.92. The third kappa shape index (κ3) is 3.37. The highest BCUT2D eigenvalue weighted by atomic mass is 16.4. The molecule has 0 aromatic carbocycles. The number of amides is 1. The Balaban J connectivity index is 1.99. The molecule has 6 nitrogen and oxygen atoms in total.